The third kappa shape index (κ3) is 6.97. The predicted molar refractivity (Wildman–Crippen MR) is 161 cm³/mol. The van der Waals surface area contributed by atoms with Crippen molar-refractivity contribution in [1.29, 1.82) is 0 Å². The Balaban J connectivity index is 1.29. The summed E-state index contributed by atoms with van der Waals surface area (Å²) < 4.78 is 12.3. The van der Waals surface area contributed by atoms with E-state index in [1.165, 1.54) is 6.08 Å². The van der Waals surface area contributed by atoms with E-state index in [1.54, 1.807) is 60.7 Å². The zero-order valence-electron chi connectivity index (χ0n) is 21.3. The summed E-state index contributed by atoms with van der Waals surface area (Å²) in [5.41, 5.74) is 2.50. The van der Waals surface area contributed by atoms with Gasteiger partial charge in [-0.05, 0) is 99.4 Å². The minimum atomic E-state index is -0.835. The Bertz CT molecular complexity index is 1660. The number of ether oxygens (including phenoxy) is 2. The molecule has 0 aromatic heterocycles. The van der Waals surface area contributed by atoms with Gasteiger partial charge in [-0.15, -0.1) is 0 Å². The second-order valence-corrected chi connectivity index (χ2v) is 10.7. The molecule has 0 atom stereocenters. The Morgan fingerprint density at radius 3 is 2.22 bits per heavy atom. The second-order valence-electron chi connectivity index (χ2n) is 8.98. The van der Waals surface area contributed by atoms with Gasteiger partial charge in [-0.2, -0.15) is 0 Å². The molecule has 1 fully saturated rings. The minimum Gasteiger partial charge on any atom is -0.489 e. The number of rotatable bonds is 8. The highest BCUT2D eigenvalue weighted by molar-refractivity contribution is 9.10. The van der Waals surface area contributed by atoms with E-state index >= 15 is 0 Å². The van der Waals surface area contributed by atoms with E-state index in [0.29, 0.717) is 44.8 Å². The molecule has 4 aromatic carbocycles. The molecule has 0 spiro atoms. The number of imide groups is 2. The Hall–Kier alpha value is -4.11. The fourth-order valence-corrected chi connectivity index (χ4v) is 4.86. The van der Waals surface area contributed by atoms with Crippen LogP contribution in [0.4, 0.5) is 10.5 Å². The maximum Gasteiger partial charge on any atom is 0.335 e. The molecule has 5 rings (SSSR count). The molecule has 0 bridgehead atoms. The van der Waals surface area contributed by atoms with Crippen molar-refractivity contribution < 1.29 is 23.9 Å². The standard InChI is InChI=1S/C31H21BrCl2N2O5/c32-27-16-20(6-13-28(27)41-18-21-2-1-3-23(34)14-21)15-26-29(37)35-31(39)36(30(26)38)24-9-11-25(12-10-24)40-17-19-4-7-22(33)8-5-19/h1-16H,17-18H2,(H,35,37,39)/b26-15+. The molecule has 1 heterocycles. The number of carbonyl (C=O) groups is 3. The van der Waals surface area contributed by atoms with Crippen LogP contribution >= 0.6 is 39.1 Å². The minimum absolute atomic E-state index is 0.188. The molecule has 41 heavy (non-hydrogen) atoms. The van der Waals surface area contributed by atoms with Gasteiger partial charge in [0.1, 0.15) is 30.3 Å². The number of amides is 4. The number of urea groups is 1. The molecule has 1 aliphatic rings. The van der Waals surface area contributed by atoms with E-state index < -0.39 is 17.8 Å². The van der Waals surface area contributed by atoms with Gasteiger partial charge in [-0.1, -0.05) is 53.5 Å². The first-order valence-corrected chi connectivity index (χ1v) is 13.9. The molecular formula is C31H21BrCl2N2O5. The van der Waals surface area contributed by atoms with Crippen molar-refractivity contribution >= 4 is 68.7 Å². The average Bonchev–Trinajstić information content (AvgIpc) is 2.95. The molecule has 10 heteroatoms. The number of carbonyl (C=O) groups excluding carboxylic acids is 3. The molecule has 4 amide bonds. The van der Waals surface area contributed by atoms with Crippen LogP contribution in [-0.4, -0.2) is 17.8 Å². The van der Waals surface area contributed by atoms with Crippen LogP contribution < -0.4 is 19.7 Å². The van der Waals surface area contributed by atoms with Crippen LogP contribution in [0.3, 0.4) is 0 Å². The number of hydrogen-bond donors (Lipinski definition) is 1. The van der Waals surface area contributed by atoms with E-state index in [0.717, 1.165) is 16.0 Å². The van der Waals surface area contributed by atoms with Crippen molar-refractivity contribution in [3.8, 4) is 11.5 Å². The Morgan fingerprint density at radius 1 is 0.780 bits per heavy atom. The average molecular weight is 652 g/mol. The molecule has 1 saturated heterocycles. The van der Waals surface area contributed by atoms with Crippen LogP contribution in [-0.2, 0) is 22.8 Å². The molecular weight excluding hydrogens is 631 g/mol. The fourth-order valence-electron chi connectivity index (χ4n) is 4.01. The lowest BCUT2D eigenvalue weighted by Crippen LogP contribution is -2.54. The van der Waals surface area contributed by atoms with Crippen molar-refractivity contribution in [3.05, 3.63) is 128 Å². The third-order valence-corrected chi connectivity index (χ3v) is 7.17. The smallest absolute Gasteiger partial charge is 0.335 e. The first kappa shape index (κ1) is 28.4. The maximum atomic E-state index is 13.3. The van der Waals surface area contributed by atoms with Gasteiger partial charge in [0.15, 0.2) is 0 Å². The maximum absolute atomic E-state index is 13.3. The van der Waals surface area contributed by atoms with Gasteiger partial charge in [0, 0.05) is 10.0 Å². The van der Waals surface area contributed by atoms with Crippen LogP contribution in [0.25, 0.3) is 6.08 Å². The molecule has 4 aromatic rings. The highest BCUT2D eigenvalue weighted by Crippen LogP contribution is 2.29. The Morgan fingerprint density at radius 2 is 1.51 bits per heavy atom. The Kier molecular flexibility index (Phi) is 8.73. The molecule has 0 radical (unpaired) electrons. The van der Waals surface area contributed by atoms with Crippen LogP contribution in [0.2, 0.25) is 10.0 Å². The molecule has 0 saturated carbocycles. The van der Waals surface area contributed by atoms with Crippen LogP contribution in [0, 0.1) is 0 Å². The van der Waals surface area contributed by atoms with Gasteiger partial charge in [0.05, 0.1) is 10.2 Å². The zero-order chi connectivity index (χ0) is 28.9. The van der Waals surface area contributed by atoms with Gasteiger partial charge in [0.25, 0.3) is 11.8 Å². The summed E-state index contributed by atoms with van der Waals surface area (Å²) in [6.07, 6.45) is 1.42. The number of hydrogen-bond acceptors (Lipinski definition) is 5. The molecule has 0 unspecified atom stereocenters. The summed E-state index contributed by atoms with van der Waals surface area (Å²) in [5, 5.41) is 3.49. The predicted octanol–water partition coefficient (Wildman–Crippen LogP) is 7.58. The lowest BCUT2D eigenvalue weighted by molar-refractivity contribution is -0.122. The topological polar surface area (TPSA) is 84.9 Å². The molecule has 1 N–H and O–H groups in total. The first-order valence-electron chi connectivity index (χ1n) is 12.3. The van der Waals surface area contributed by atoms with Crippen molar-refractivity contribution in [2.75, 3.05) is 4.90 Å². The van der Waals surface area contributed by atoms with E-state index in [2.05, 4.69) is 21.2 Å². The molecule has 0 aliphatic carbocycles. The van der Waals surface area contributed by atoms with Gasteiger partial charge in [-0.3, -0.25) is 14.9 Å². The molecule has 206 valence electrons. The second kappa shape index (κ2) is 12.6. The SMILES string of the molecule is O=C1NC(=O)N(c2ccc(OCc3ccc(Cl)cc3)cc2)C(=O)/C1=C/c1ccc(OCc2cccc(Cl)c2)c(Br)c1. The monoisotopic (exact) mass is 650 g/mol. The van der Waals surface area contributed by atoms with Crippen molar-refractivity contribution in [3.63, 3.8) is 0 Å². The fraction of sp³-hybridized carbons (Fsp3) is 0.0645. The number of barbiturate groups is 1. The highest BCUT2D eigenvalue weighted by atomic mass is 79.9. The highest BCUT2D eigenvalue weighted by Gasteiger charge is 2.36. The number of benzene rings is 4. The lowest BCUT2D eigenvalue weighted by atomic mass is 10.1. The van der Waals surface area contributed by atoms with Crippen LogP contribution in [0.5, 0.6) is 11.5 Å². The number of nitrogens with one attached hydrogen (secondary N) is 1. The largest absolute Gasteiger partial charge is 0.489 e. The van der Waals surface area contributed by atoms with Crippen LogP contribution in [0.15, 0.2) is 101 Å². The summed E-state index contributed by atoms with van der Waals surface area (Å²) in [6.45, 7) is 0.629. The van der Waals surface area contributed by atoms with E-state index in [9.17, 15) is 14.4 Å². The number of nitrogens with zero attached hydrogens (tertiary/aromatic N) is 1. The lowest BCUT2D eigenvalue weighted by Gasteiger charge is -2.26. The quantitative estimate of drug-likeness (QED) is 0.157. The van der Waals surface area contributed by atoms with Crippen molar-refractivity contribution in [1.82, 2.24) is 5.32 Å². The summed E-state index contributed by atoms with van der Waals surface area (Å²) in [6, 6.07) is 25.4. The van der Waals surface area contributed by atoms with E-state index in [-0.39, 0.29) is 11.3 Å². The van der Waals surface area contributed by atoms with Crippen molar-refractivity contribution in [2.24, 2.45) is 0 Å². The summed E-state index contributed by atoms with van der Waals surface area (Å²) in [4.78, 5) is 39.4. The summed E-state index contributed by atoms with van der Waals surface area (Å²) >= 11 is 15.4. The normalized spacial score (nSPS) is 14.3. The molecule has 1 aliphatic heterocycles. The van der Waals surface area contributed by atoms with Crippen molar-refractivity contribution in [2.45, 2.75) is 13.2 Å². The number of halogens is 3. The zero-order valence-corrected chi connectivity index (χ0v) is 24.4. The summed E-state index contributed by atoms with van der Waals surface area (Å²) in [7, 11) is 0. The Labute approximate surface area is 254 Å². The van der Waals surface area contributed by atoms with Gasteiger partial charge in [0.2, 0.25) is 0 Å². The molecule has 7 nitrogen and oxygen atoms in total. The van der Waals surface area contributed by atoms with E-state index in [4.69, 9.17) is 32.7 Å². The van der Waals surface area contributed by atoms with E-state index in [1.807, 2.05) is 30.3 Å². The first-order chi connectivity index (χ1) is 19.8. The van der Waals surface area contributed by atoms with Gasteiger partial charge >= 0.3 is 6.03 Å². The third-order valence-electron chi connectivity index (χ3n) is 6.07. The summed E-state index contributed by atoms with van der Waals surface area (Å²) in [5.74, 6) is -0.410. The van der Waals surface area contributed by atoms with Crippen LogP contribution in [0.1, 0.15) is 16.7 Å². The number of anilines is 1. The van der Waals surface area contributed by atoms with Gasteiger partial charge < -0.3 is 9.47 Å². The van der Waals surface area contributed by atoms with Gasteiger partial charge in [-0.25, -0.2) is 9.69 Å².